The molecule has 7 nitrogen and oxygen atoms in total. The van der Waals surface area contributed by atoms with E-state index in [1.54, 1.807) is 41.0 Å². The van der Waals surface area contributed by atoms with Crippen molar-refractivity contribution in [2.24, 2.45) is 7.05 Å². The number of hydrogen-bond acceptors (Lipinski definition) is 4. The molecule has 0 unspecified atom stereocenters. The van der Waals surface area contributed by atoms with Crippen molar-refractivity contribution in [2.45, 2.75) is 6.92 Å². The number of hydrogen-bond donors (Lipinski definition) is 0. The summed E-state index contributed by atoms with van der Waals surface area (Å²) in [6, 6.07) is 26.0. The van der Waals surface area contributed by atoms with E-state index in [0.717, 1.165) is 16.5 Å². The van der Waals surface area contributed by atoms with Crippen LogP contribution in [0.25, 0.3) is 27.5 Å². The van der Waals surface area contributed by atoms with Gasteiger partial charge in [0.2, 0.25) is 0 Å². The SMILES string of the molecule is Cc1ccc(-n2nc(C(=O)N(CC#N)c3ccccc3)c3c4ccccc4n(C)c3c2=O)cc1. The molecule has 0 atom stereocenters. The second-order valence-corrected chi connectivity index (χ2v) is 8.09. The lowest BCUT2D eigenvalue weighted by molar-refractivity contribution is 0.0985. The molecular formula is C27H21N5O2. The second-order valence-electron chi connectivity index (χ2n) is 8.09. The van der Waals surface area contributed by atoms with Crippen LogP contribution in [0, 0.1) is 18.3 Å². The molecule has 0 saturated heterocycles. The predicted octanol–water partition coefficient (Wildman–Crippen LogP) is 4.36. The molecule has 0 aliphatic heterocycles. The normalized spacial score (nSPS) is 11.0. The van der Waals surface area contributed by atoms with Gasteiger partial charge in [-0.2, -0.15) is 15.0 Å². The standard InChI is InChI=1S/C27H21N5O2/c1-18-12-14-20(15-13-18)32-27(34)25-23(21-10-6-7-11-22(21)30(25)2)24(29-32)26(33)31(17-16-28)19-8-4-3-5-9-19/h3-15H,17H2,1-2H3. The summed E-state index contributed by atoms with van der Waals surface area (Å²) >= 11 is 0. The number of aryl methyl sites for hydroxylation is 2. The van der Waals surface area contributed by atoms with Crippen molar-refractivity contribution in [3.8, 4) is 11.8 Å². The quantitative estimate of drug-likeness (QED) is 0.383. The average Bonchev–Trinajstić information content (AvgIpc) is 3.17. The topological polar surface area (TPSA) is 83.9 Å². The fourth-order valence-corrected chi connectivity index (χ4v) is 4.28. The van der Waals surface area contributed by atoms with Crippen LogP contribution in [0.3, 0.4) is 0 Å². The van der Waals surface area contributed by atoms with Gasteiger partial charge in [0.05, 0.1) is 11.8 Å². The average molecular weight is 447 g/mol. The van der Waals surface area contributed by atoms with E-state index in [4.69, 9.17) is 0 Å². The van der Waals surface area contributed by atoms with E-state index < -0.39 is 5.91 Å². The highest BCUT2D eigenvalue weighted by atomic mass is 16.2. The molecule has 3 aromatic carbocycles. The molecule has 0 spiro atoms. The lowest BCUT2D eigenvalue weighted by Gasteiger charge is -2.20. The molecule has 2 heterocycles. The van der Waals surface area contributed by atoms with Gasteiger partial charge in [-0.05, 0) is 37.3 Å². The molecule has 0 aliphatic carbocycles. The summed E-state index contributed by atoms with van der Waals surface area (Å²) in [7, 11) is 1.81. The number of amides is 1. The first-order valence-electron chi connectivity index (χ1n) is 10.8. The first-order valence-corrected chi connectivity index (χ1v) is 10.8. The molecule has 0 fully saturated rings. The number of anilines is 1. The van der Waals surface area contributed by atoms with Crippen LogP contribution in [0.4, 0.5) is 5.69 Å². The van der Waals surface area contributed by atoms with Crippen molar-refractivity contribution in [3.05, 3.63) is 100 Å². The zero-order valence-electron chi connectivity index (χ0n) is 18.8. The molecule has 166 valence electrons. The molecular weight excluding hydrogens is 426 g/mol. The van der Waals surface area contributed by atoms with Gasteiger partial charge in [-0.15, -0.1) is 0 Å². The fourth-order valence-electron chi connectivity index (χ4n) is 4.28. The van der Waals surface area contributed by atoms with Crippen LogP contribution in [-0.4, -0.2) is 26.8 Å². The first kappa shape index (κ1) is 21.2. The third-order valence-electron chi connectivity index (χ3n) is 5.96. The molecule has 0 radical (unpaired) electrons. The van der Waals surface area contributed by atoms with Crippen LogP contribution in [0.15, 0.2) is 83.7 Å². The third-order valence-corrected chi connectivity index (χ3v) is 5.96. The minimum absolute atomic E-state index is 0.117. The van der Waals surface area contributed by atoms with Crippen molar-refractivity contribution >= 4 is 33.4 Å². The van der Waals surface area contributed by atoms with Crippen molar-refractivity contribution in [3.63, 3.8) is 0 Å². The maximum Gasteiger partial charge on any atom is 0.296 e. The van der Waals surface area contributed by atoms with E-state index in [0.29, 0.717) is 22.3 Å². The van der Waals surface area contributed by atoms with E-state index >= 15 is 0 Å². The Kier molecular flexibility index (Phi) is 5.19. The number of aromatic nitrogens is 3. The van der Waals surface area contributed by atoms with Crippen molar-refractivity contribution in [2.75, 3.05) is 11.4 Å². The predicted molar refractivity (Wildman–Crippen MR) is 132 cm³/mol. The highest BCUT2D eigenvalue weighted by Crippen LogP contribution is 2.30. The molecule has 0 aliphatic rings. The highest BCUT2D eigenvalue weighted by Gasteiger charge is 2.27. The van der Waals surface area contributed by atoms with Crippen LogP contribution in [-0.2, 0) is 7.05 Å². The minimum atomic E-state index is -0.449. The number of carbonyl (C=O) groups is 1. The molecule has 1 amide bonds. The number of benzene rings is 3. The Hall–Kier alpha value is -4.70. The number of nitrogens with zero attached hydrogens (tertiary/aromatic N) is 5. The zero-order chi connectivity index (χ0) is 23.8. The monoisotopic (exact) mass is 447 g/mol. The highest BCUT2D eigenvalue weighted by molar-refractivity contribution is 6.20. The molecule has 34 heavy (non-hydrogen) atoms. The van der Waals surface area contributed by atoms with Crippen LogP contribution in [0.1, 0.15) is 16.1 Å². The maximum atomic E-state index is 13.9. The molecule has 0 saturated carbocycles. The largest absolute Gasteiger partial charge is 0.339 e. The summed E-state index contributed by atoms with van der Waals surface area (Å²) in [6.07, 6.45) is 0. The Morgan fingerprint density at radius 1 is 1.00 bits per heavy atom. The van der Waals surface area contributed by atoms with Gasteiger partial charge in [-0.25, -0.2) is 0 Å². The number of carbonyl (C=O) groups excluding carboxylic acids is 1. The second kappa shape index (κ2) is 8.34. The first-order chi connectivity index (χ1) is 16.5. The van der Waals surface area contributed by atoms with E-state index in [1.807, 2.05) is 56.4 Å². The molecule has 0 N–H and O–H groups in total. The van der Waals surface area contributed by atoms with Gasteiger partial charge in [-0.1, -0.05) is 54.1 Å². The van der Waals surface area contributed by atoms with E-state index in [9.17, 15) is 14.9 Å². The third kappa shape index (κ3) is 3.33. The summed E-state index contributed by atoms with van der Waals surface area (Å²) < 4.78 is 3.07. The molecule has 5 aromatic rings. The number of fused-ring (bicyclic) bond motifs is 3. The summed E-state index contributed by atoms with van der Waals surface area (Å²) in [5, 5.41) is 15.3. The number of rotatable bonds is 4. The lowest BCUT2D eigenvalue weighted by Crippen LogP contribution is -2.34. The Balaban J connectivity index is 1.86. The summed E-state index contributed by atoms with van der Waals surface area (Å²) in [5.74, 6) is -0.449. The Morgan fingerprint density at radius 2 is 1.68 bits per heavy atom. The van der Waals surface area contributed by atoms with Gasteiger partial charge in [0.25, 0.3) is 11.5 Å². The van der Waals surface area contributed by atoms with Gasteiger partial charge >= 0.3 is 0 Å². The van der Waals surface area contributed by atoms with E-state index in [1.165, 1.54) is 9.58 Å². The van der Waals surface area contributed by atoms with Crippen LogP contribution < -0.4 is 10.5 Å². The minimum Gasteiger partial charge on any atom is -0.339 e. The molecule has 5 rings (SSSR count). The smallest absolute Gasteiger partial charge is 0.296 e. The van der Waals surface area contributed by atoms with Gasteiger partial charge in [0.15, 0.2) is 5.69 Å². The van der Waals surface area contributed by atoms with E-state index in [-0.39, 0.29) is 17.8 Å². The molecule has 7 heteroatoms. The van der Waals surface area contributed by atoms with Crippen molar-refractivity contribution < 1.29 is 4.79 Å². The summed E-state index contributed by atoms with van der Waals surface area (Å²) in [6.45, 7) is 1.81. The van der Waals surface area contributed by atoms with Crippen molar-refractivity contribution in [1.29, 1.82) is 5.26 Å². The van der Waals surface area contributed by atoms with Gasteiger partial charge in [-0.3, -0.25) is 14.5 Å². The van der Waals surface area contributed by atoms with Crippen LogP contribution in [0.2, 0.25) is 0 Å². The summed E-state index contributed by atoms with van der Waals surface area (Å²) in [4.78, 5) is 29.0. The zero-order valence-corrected chi connectivity index (χ0v) is 18.8. The van der Waals surface area contributed by atoms with Gasteiger partial charge < -0.3 is 4.57 Å². The fraction of sp³-hybridized carbons (Fsp3) is 0.111. The Morgan fingerprint density at radius 3 is 2.38 bits per heavy atom. The lowest BCUT2D eigenvalue weighted by atomic mass is 10.1. The van der Waals surface area contributed by atoms with Crippen LogP contribution >= 0.6 is 0 Å². The van der Waals surface area contributed by atoms with Gasteiger partial charge in [0.1, 0.15) is 12.1 Å². The Labute approximate surface area is 195 Å². The van der Waals surface area contributed by atoms with Gasteiger partial charge in [0, 0.05) is 29.0 Å². The summed E-state index contributed by atoms with van der Waals surface area (Å²) in [5.41, 5.74) is 3.18. The number of para-hydroxylation sites is 2. The Bertz CT molecular complexity index is 1640. The van der Waals surface area contributed by atoms with Crippen LogP contribution in [0.5, 0.6) is 0 Å². The molecule has 0 bridgehead atoms. The number of nitriles is 1. The van der Waals surface area contributed by atoms with Crippen molar-refractivity contribution in [1.82, 2.24) is 14.3 Å². The maximum absolute atomic E-state index is 13.9. The molecule has 2 aromatic heterocycles. The van der Waals surface area contributed by atoms with E-state index in [2.05, 4.69) is 11.2 Å².